The Morgan fingerprint density at radius 2 is 2.20 bits per heavy atom. The van der Waals surface area contributed by atoms with Gasteiger partial charge >= 0.3 is 0 Å². The smallest absolute Gasteiger partial charge is 0.132 e. The van der Waals surface area contributed by atoms with Crippen LogP contribution in [-0.2, 0) is 13.6 Å². The third kappa shape index (κ3) is 2.07. The first-order valence-corrected chi connectivity index (χ1v) is 6.99. The first kappa shape index (κ1) is 12.8. The number of nitrogens with two attached hydrogens (primary N) is 1. The van der Waals surface area contributed by atoms with Crippen molar-refractivity contribution in [1.29, 1.82) is 0 Å². The Morgan fingerprint density at radius 3 is 2.80 bits per heavy atom. The van der Waals surface area contributed by atoms with Gasteiger partial charge in [0, 0.05) is 24.7 Å². The zero-order valence-electron chi connectivity index (χ0n) is 11.7. The molecule has 20 heavy (non-hydrogen) atoms. The van der Waals surface area contributed by atoms with Crippen LogP contribution in [0.2, 0.25) is 0 Å². The van der Waals surface area contributed by atoms with Gasteiger partial charge in [-0.1, -0.05) is 18.8 Å². The second kappa shape index (κ2) is 5.04. The number of aromatic nitrogens is 4. The minimum Gasteiger partial charge on any atom is -0.383 e. The van der Waals surface area contributed by atoms with Crippen LogP contribution < -0.4 is 5.73 Å². The van der Waals surface area contributed by atoms with Crippen LogP contribution in [0.3, 0.4) is 0 Å². The molecule has 3 rings (SSSR count). The minimum absolute atomic E-state index is 0.477. The van der Waals surface area contributed by atoms with Gasteiger partial charge in [0.15, 0.2) is 0 Å². The van der Waals surface area contributed by atoms with Gasteiger partial charge in [0.2, 0.25) is 0 Å². The minimum atomic E-state index is 0.477. The zero-order valence-corrected chi connectivity index (χ0v) is 11.7. The van der Waals surface area contributed by atoms with Crippen molar-refractivity contribution in [3.63, 3.8) is 0 Å². The highest BCUT2D eigenvalue weighted by Crippen LogP contribution is 2.37. The molecule has 1 fully saturated rings. The molecule has 0 amide bonds. The van der Waals surface area contributed by atoms with Gasteiger partial charge in [0.25, 0.3) is 0 Å². The fourth-order valence-corrected chi connectivity index (χ4v) is 2.99. The third-order valence-corrected chi connectivity index (χ3v) is 3.98. The number of hydrogen-bond donors (Lipinski definition) is 1. The van der Waals surface area contributed by atoms with E-state index in [1.165, 1.54) is 25.7 Å². The lowest BCUT2D eigenvalue weighted by Crippen LogP contribution is -2.09. The largest absolute Gasteiger partial charge is 0.383 e. The predicted octanol–water partition coefficient (Wildman–Crippen LogP) is 2.16. The van der Waals surface area contributed by atoms with Crippen molar-refractivity contribution < 1.29 is 0 Å². The molecule has 0 spiro atoms. The summed E-state index contributed by atoms with van der Waals surface area (Å²) in [5, 5.41) is 4.19. The summed E-state index contributed by atoms with van der Waals surface area (Å²) in [5.74, 6) is 4.85. The number of hydrogen-bond acceptors (Lipinski definition) is 3. The van der Waals surface area contributed by atoms with Crippen molar-refractivity contribution in [3.05, 3.63) is 18.2 Å². The summed E-state index contributed by atoms with van der Waals surface area (Å²) in [4.78, 5) is 4.78. The summed E-state index contributed by atoms with van der Waals surface area (Å²) in [6.45, 7) is 0.477. The molecule has 5 heteroatoms. The number of terminal acetylenes is 1. The van der Waals surface area contributed by atoms with Gasteiger partial charge in [0.05, 0.1) is 12.7 Å². The molecule has 104 valence electrons. The highest BCUT2D eigenvalue weighted by molar-refractivity contribution is 5.70. The van der Waals surface area contributed by atoms with Gasteiger partial charge in [-0.15, -0.1) is 6.42 Å². The van der Waals surface area contributed by atoms with Gasteiger partial charge in [-0.2, -0.15) is 5.10 Å². The van der Waals surface area contributed by atoms with Crippen molar-refractivity contribution in [1.82, 2.24) is 19.3 Å². The Morgan fingerprint density at radius 1 is 1.45 bits per heavy atom. The Kier molecular flexibility index (Phi) is 3.23. The molecule has 0 atom stereocenters. The van der Waals surface area contributed by atoms with Crippen LogP contribution in [0.5, 0.6) is 0 Å². The van der Waals surface area contributed by atoms with E-state index in [1.807, 2.05) is 17.8 Å². The summed E-state index contributed by atoms with van der Waals surface area (Å²) in [5.41, 5.74) is 8.01. The Bertz CT molecular complexity index is 652. The van der Waals surface area contributed by atoms with Crippen molar-refractivity contribution in [2.75, 3.05) is 5.73 Å². The van der Waals surface area contributed by atoms with Gasteiger partial charge in [-0.25, -0.2) is 4.98 Å². The lowest BCUT2D eigenvalue weighted by Gasteiger charge is -2.11. The third-order valence-electron chi connectivity index (χ3n) is 3.98. The first-order valence-electron chi connectivity index (χ1n) is 6.99. The van der Waals surface area contributed by atoms with E-state index in [0.29, 0.717) is 18.3 Å². The van der Waals surface area contributed by atoms with Crippen LogP contribution >= 0.6 is 0 Å². The molecule has 2 aromatic rings. The molecule has 2 aromatic heterocycles. The molecule has 0 bridgehead atoms. The van der Waals surface area contributed by atoms with Crippen molar-refractivity contribution in [2.45, 2.75) is 38.1 Å². The molecular weight excluding hydrogens is 250 g/mol. The lowest BCUT2D eigenvalue weighted by atomic mass is 10.1. The maximum atomic E-state index is 6.27. The summed E-state index contributed by atoms with van der Waals surface area (Å²) in [7, 11) is 1.88. The fourth-order valence-electron chi connectivity index (χ4n) is 2.99. The summed E-state index contributed by atoms with van der Waals surface area (Å²) in [6, 6.07) is 0. The van der Waals surface area contributed by atoms with Gasteiger partial charge < -0.3 is 10.3 Å². The normalized spacial score (nSPS) is 15.6. The number of imidazole rings is 1. The van der Waals surface area contributed by atoms with Crippen LogP contribution in [0, 0.1) is 12.3 Å². The van der Waals surface area contributed by atoms with Crippen LogP contribution in [0.1, 0.15) is 37.4 Å². The molecular formula is C15H19N5. The molecule has 5 nitrogen and oxygen atoms in total. The lowest BCUT2D eigenvalue weighted by molar-refractivity contribution is 0.622. The molecule has 1 aliphatic carbocycles. The average molecular weight is 269 g/mol. The average Bonchev–Trinajstić information content (AvgIpc) is 3.13. The van der Waals surface area contributed by atoms with E-state index in [9.17, 15) is 0 Å². The molecule has 0 aromatic carbocycles. The Balaban J connectivity index is 2.07. The van der Waals surface area contributed by atoms with Crippen molar-refractivity contribution >= 4 is 5.82 Å². The van der Waals surface area contributed by atoms with Gasteiger partial charge in [-0.05, 0) is 12.8 Å². The van der Waals surface area contributed by atoms with Crippen LogP contribution in [0.4, 0.5) is 5.82 Å². The van der Waals surface area contributed by atoms with Crippen molar-refractivity contribution in [3.8, 4) is 23.6 Å². The quantitative estimate of drug-likeness (QED) is 0.868. The Hall–Kier alpha value is -2.22. The molecule has 2 heterocycles. The molecule has 1 saturated carbocycles. The maximum Gasteiger partial charge on any atom is 0.132 e. The van der Waals surface area contributed by atoms with Crippen LogP contribution in [0.25, 0.3) is 11.3 Å². The molecule has 0 unspecified atom stereocenters. The monoisotopic (exact) mass is 269 g/mol. The second-order valence-corrected chi connectivity index (χ2v) is 5.38. The number of nitrogens with zero attached hydrogens (tertiary/aromatic N) is 4. The summed E-state index contributed by atoms with van der Waals surface area (Å²) >= 11 is 0. The molecule has 0 saturated heterocycles. The number of aryl methyl sites for hydroxylation is 1. The SMILES string of the molecule is C#CCn1c(C2CCCC2)nc(-c2cnn(C)c2)c1N. The van der Waals surface area contributed by atoms with Crippen LogP contribution in [-0.4, -0.2) is 19.3 Å². The zero-order chi connectivity index (χ0) is 14.1. The standard InChI is InChI=1S/C15H19N5/c1-3-8-20-14(16)13(12-9-17-19(2)10-12)18-15(20)11-6-4-5-7-11/h1,9-11H,4-8,16H2,2H3. The van der Waals surface area contributed by atoms with E-state index in [-0.39, 0.29) is 0 Å². The van der Waals surface area contributed by atoms with Gasteiger partial charge in [-0.3, -0.25) is 4.68 Å². The summed E-state index contributed by atoms with van der Waals surface area (Å²) < 4.78 is 3.74. The summed E-state index contributed by atoms with van der Waals surface area (Å²) in [6.07, 6.45) is 14.1. The number of anilines is 1. The van der Waals surface area contributed by atoms with E-state index in [1.54, 1.807) is 10.9 Å². The first-order chi connectivity index (χ1) is 9.70. The van der Waals surface area contributed by atoms with Gasteiger partial charge in [0.1, 0.15) is 17.3 Å². The topological polar surface area (TPSA) is 61.7 Å². The number of rotatable bonds is 3. The van der Waals surface area contributed by atoms with E-state index >= 15 is 0 Å². The number of nitrogen functional groups attached to an aromatic ring is 1. The highest BCUT2D eigenvalue weighted by atomic mass is 15.2. The molecule has 0 aliphatic heterocycles. The maximum absolute atomic E-state index is 6.27. The predicted molar refractivity (Wildman–Crippen MR) is 78.9 cm³/mol. The van der Waals surface area contributed by atoms with E-state index in [2.05, 4.69) is 11.0 Å². The van der Waals surface area contributed by atoms with Crippen LogP contribution in [0.15, 0.2) is 12.4 Å². The van der Waals surface area contributed by atoms with E-state index < -0.39 is 0 Å². The molecule has 2 N–H and O–H groups in total. The van der Waals surface area contributed by atoms with E-state index in [0.717, 1.165) is 17.1 Å². The van der Waals surface area contributed by atoms with E-state index in [4.69, 9.17) is 17.1 Å². The molecule has 1 aliphatic rings. The highest BCUT2D eigenvalue weighted by Gasteiger charge is 2.25. The molecule has 0 radical (unpaired) electrons. The van der Waals surface area contributed by atoms with Crippen molar-refractivity contribution in [2.24, 2.45) is 7.05 Å². The Labute approximate surface area is 118 Å². The fraction of sp³-hybridized carbons (Fsp3) is 0.467. The second-order valence-electron chi connectivity index (χ2n) is 5.38.